The van der Waals surface area contributed by atoms with Gasteiger partial charge in [0.1, 0.15) is 0 Å². The highest BCUT2D eigenvalue weighted by Gasteiger charge is 2.52. The van der Waals surface area contributed by atoms with Crippen molar-refractivity contribution in [1.29, 1.82) is 0 Å². The van der Waals surface area contributed by atoms with Crippen LogP contribution in [0.1, 0.15) is 56.1 Å². The number of fused-ring (bicyclic) bond motifs is 5. The predicted octanol–water partition coefficient (Wildman–Crippen LogP) is 6.61. The first-order chi connectivity index (χ1) is 14.2. The summed E-state index contributed by atoms with van der Waals surface area (Å²) in [6.45, 7) is 3.77. The molecule has 2 heteroatoms. The normalized spacial score (nSPS) is 38.2. The van der Waals surface area contributed by atoms with Crippen molar-refractivity contribution in [3.05, 3.63) is 59.7 Å². The average molecular weight is 450 g/mol. The molecule has 29 heavy (non-hydrogen) atoms. The third kappa shape index (κ3) is 2.89. The minimum Gasteiger partial charge on any atom is -0.314 e. The van der Waals surface area contributed by atoms with Gasteiger partial charge >= 0.3 is 0 Å². The molecule has 7 atom stereocenters. The SMILES string of the molecule is CC1CC2C(Br)C3CCCNC3CC2C1CC1c2ccccc2-c2ccccc21. The van der Waals surface area contributed by atoms with Gasteiger partial charge in [-0.15, -0.1) is 0 Å². The van der Waals surface area contributed by atoms with Crippen LogP contribution < -0.4 is 5.32 Å². The standard InChI is InChI=1S/C27H32BrN/c1-16-13-25-24(15-26-21(27(25)28)11-6-12-29-26)22(16)14-23-19-9-4-2-7-17(19)18-8-3-5-10-20(18)23/h2-5,7-10,16,21-27,29H,6,11-15H2,1H3. The lowest BCUT2D eigenvalue weighted by molar-refractivity contribution is 0.112. The number of hydrogen-bond acceptors (Lipinski definition) is 1. The Balaban J connectivity index is 1.32. The van der Waals surface area contributed by atoms with Gasteiger partial charge in [0.05, 0.1) is 0 Å². The summed E-state index contributed by atoms with van der Waals surface area (Å²) in [6, 6.07) is 19.1. The van der Waals surface area contributed by atoms with Crippen molar-refractivity contribution in [2.45, 2.75) is 55.8 Å². The largest absolute Gasteiger partial charge is 0.314 e. The fourth-order valence-electron chi connectivity index (χ4n) is 7.65. The molecule has 1 saturated heterocycles. The van der Waals surface area contributed by atoms with Crippen LogP contribution in [-0.4, -0.2) is 17.4 Å². The van der Waals surface area contributed by atoms with E-state index in [0.717, 1.165) is 40.5 Å². The number of rotatable bonds is 2. The van der Waals surface area contributed by atoms with Gasteiger partial charge in [-0.25, -0.2) is 0 Å². The molecule has 1 aliphatic heterocycles. The predicted molar refractivity (Wildman–Crippen MR) is 124 cm³/mol. The van der Waals surface area contributed by atoms with Crippen molar-refractivity contribution in [1.82, 2.24) is 5.32 Å². The Labute approximate surface area is 183 Å². The van der Waals surface area contributed by atoms with E-state index in [1.165, 1.54) is 49.8 Å². The summed E-state index contributed by atoms with van der Waals surface area (Å²) in [5.41, 5.74) is 6.10. The highest BCUT2D eigenvalue weighted by atomic mass is 79.9. The van der Waals surface area contributed by atoms with Gasteiger partial charge in [-0.05, 0) is 90.5 Å². The molecule has 4 aliphatic rings. The number of nitrogens with one attached hydrogen (secondary N) is 1. The molecule has 3 aliphatic carbocycles. The van der Waals surface area contributed by atoms with Crippen molar-refractivity contribution in [2.75, 3.05) is 6.54 Å². The quantitative estimate of drug-likeness (QED) is 0.508. The zero-order valence-electron chi connectivity index (χ0n) is 17.4. The van der Waals surface area contributed by atoms with Crippen LogP contribution in [0.2, 0.25) is 0 Å². The van der Waals surface area contributed by atoms with Gasteiger partial charge in [0, 0.05) is 16.8 Å². The molecule has 2 aromatic carbocycles. The van der Waals surface area contributed by atoms with Crippen LogP contribution in [0.3, 0.4) is 0 Å². The van der Waals surface area contributed by atoms with Gasteiger partial charge in [0.15, 0.2) is 0 Å². The average Bonchev–Trinajstić information content (AvgIpc) is 3.24. The molecule has 1 heterocycles. The van der Waals surface area contributed by atoms with Crippen LogP contribution in [0.4, 0.5) is 0 Å². The first kappa shape index (κ1) is 18.6. The highest BCUT2D eigenvalue weighted by molar-refractivity contribution is 9.09. The molecule has 0 radical (unpaired) electrons. The highest BCUT2D eigenvalue weighted by Crippen LogP contribution is 2.58. The topological polar surface area (TPSA) is 12.0 Å². The second-order valence-corrected chi connectivity index (χ2v) is 11.3. The van der Waals surface area contributed by atoms with E-state index in [1.54, 1.807) is 11.1 Å². The van der Waals surface area contributed by atoms with Crippen molar-refractivity contribution >= 4 is 15.9 Å². The number of alkyl halides is 1. The molecular weight excluding hydrogens is 418 g/mol. The lowest BCUT2D eigenvalue weighted by Crippen LogP contribution is -2.52. The van der Waals surface area contributed by atoms with E-state index in [4.69, 9.17) is 0 Å². The smallest absolute Gasteiger partial charge is 0.0220 e. The maximum atomic E-state index is 4.22. The van der Waals surface area contributed by atoms with Crippen LogP contribution in [0.15, 0.2) is 48.5 Å². The second-order valence-electron chi connectivity index (χ2n) is 10.2. The molecule has 7 unspecified atom stereocenters. The Morgan fingerprint density at radius 3 is 2.31 bits per heavy atom. The van der Waals surface area contributed by atoms with E-state index in [9.17, 15) is 0 Å². The number of hydrogen-bond donors (Lipinski definition) is 1. The van der Waals surface area contributed by atoms with Crippen LogP contribution in [0, 0.1) is 29.6 Å². The van der Waals surface area contributed by atoms with Crippen LogP contribution in [0.5, 0.6) is 0 Å². The molecule has 2 saturated carbocycles. The molecular formula is C27H32BrN. The Kier molecular flexibility index (Phi) is 4.65. The van der Waals surface area contributed by atoms with E-state index in [2.05, 4.69) is 76.7 Å². The summed E-state index contributed by atoms with van der Waals surface area (Å²) in [5.74, 6) is 4.87. The zero-order chi connectivity index (χ0) is 19.5. The second kappa shape index (κ2) is 7.24. The maximum Gasteiger partial charge on any atom is 0.0220 e. The minimum absolute atomic E-state index is 0.583. The first-order valence-corrected chi connectivity index (χ1v) is 12.7. The van der Waals surface area contributed by atoms with Gasteiger partial charge in [0.25, 0.3) is 0 Å². The Morgan fingerprint density at radius 1 is 0.897 bits per heavy atom. The van der Waals surface area contributed by atoms with Crippen LogP contribution in [-0.2, 0) is 0 Å². The van der Waals surface area contributed by atoms with Gasteiger partial charge in [0.2, 0.25) is 0 Å². The van der Waals surface area contributed by atoms with E-state index in [0.29, 0.717) is 5.92 Å². The van der Waals surface area contributed by atoms with Crippen molar-refractivity contribution in [3.63, 3.8) is 0 Å². The Hall–Kier alpha value is -1.12. The molecule has 0 bridgehead atoms. The fraction of sp³-hybridized carbons (Fsp3) is 0.556. The molecule has 0 spiro atoms. The number of halogens is 1. The van der Waals surface area contributed by atoms with Crippen molar-refractivity contribution in [3.8, 4) is 11.1 Å². The fourth-order valence-corrected chi connectivity index (χ4v) is 8.90. The maximum absolute atomic E-state index is 4.22. The van der Waals surface area contributed by atoms with Gasteiger partial charge in [-0.3, -0.25) is 0 Å². The molecule has 0 amide bonds. The zero-order valence-corrected chi connectivity index (χ0v) is 18.9. The number of benzene rings is 2. The summed E-state index contributed by atoms with van der Waals surface area (Å²) in [5, 5.41) is 3.89. The minimum atomic E-state index is 0.583. The summed E-state index contributed by atoms with van der Waals surface area (Å²) in [4.78, 5) is 0.717. The number of piperidine rings is 1. The Morgan fingerprint density at radius 2 is 1.59 bits per heavy atom. The Bertz CT molecular complexity index is 861. The molecule has 1 nitrogen and oxygen atoms in total. The molecule has 2 aromatic rings. The molecule has 0 aromatic heterocycles. The van der Waals surface area contributed by atoms with E-state index in [-0.39, 0.29) is 0 Å². The molecule has 152 valence electrons. The molecule has 6 rings (SSSR count). The summed E-state index contributed by atoms with van der Waals surface area (Å²) in [6.07, 6.45) is 6.93. The van der Waals surface area contributed by atoms with Gasteiger partial charge in [-0.1, -0.05) is 71.4 Å². The van der Waals surface area contributed by atoms with Crippen LogP contribution in [0.25, 0.3) is 11.1 Å². The van der Waals surface area contributed by atoms with E-state index >= 15 is 0 Å². The lowest BCUT2D eigenvalue weighted by atomic mass is 9.66. The van der Waals surface area contributed by atoms with E-state index < -0.39 is 0 Å². The van der Waals surface area contributed by atoms with Crippen molar-refractivity contribution < 1.29 is 0 Å². The first-order valence-electron chi connectivity index (χ1n) is 11.8. The summed E-state index contributed by atoms with van der Waals surface area (Å²) >= 11 is 4.22. The third-order valence-electron chi connectivity index (χ3n) is 8.93. The summed E-state index contributed by atoms with van der Waals surface area (Å²) < 4.78 is 0. The molecule has 1 N–H and O–H groups in total. The van der Waals surface area contributed by atoms with Crippen LogP contribution >= 0.6 is 15.9 Å². The van der Waals surface area contributed by atoms with Crippen molar-refractivity contribution in [2.24, 2.45) is 29.6 Å². The summed E-state index contributed by atoms with van der Waals surface area (Å²) in [7, 11) is 0. The van der Waals surface area contributed by atoms with Gasteiger partial charge in [-0.2, -0.15) is 0 Å². The lowest BCUT2D eigenvalue weighted by Gasteiger charge is -2.47. The van der Waals surface area contributed by atoms with E-state index in [1.807, 2.05) is 0 Å². The van der Waals surface area contributed by atoms with Gasteiger partial charge < -0.3 is 5.32 Å². The third-order valence-corrected chi connectivity index (χ3v) is 10.3. The monoisotopic (exact) mass is 449 g/mol. The molecule has 3 fully saturated rings.